The molecule has 1 N–H and O–H groups in total. The molecule has 1 saturated carbocycles. The first-order chi connectivity index (χ1) is 9.61. The maximum Gasteiger partial charge on any atom is 0.251 e. The number of thiocarbonyl (C=S) groups is 1. The fourth-order valence-electron chi connectivity index (χ4n) is 2.73. The largest absolute Gasteiger partial charge is 0.497 e. The topological polar surface area (TPSA) is 41.6 Å². The molecule has 2 atom stereocenters. The monoisotopic (exact) mass is 290 g/mol. The van der Waals surface area contributed by atoms with Crippen molar-refractivity contribution in [3.63, 3.8) is 0 Å². The predicted octanol–water partition coefficient (Wildman–Crippen LogP) is 2.25. The molecule has 0 spiro atoms. The molecule has 3 rings (SSSR count). The van der Waals surface area contributed by atoms with Gasteiger partial charge in [-0.25, -0.2) is 0 Å². The van der Waals surface area contributed by atoms with Gasteiger partial charge in [-0.05, 0) is 55.6 Å². The molecule has 106 valence electrons. The van der Waals surface area contributed by atoms with Gasteiger partial charge in [-0.15, -0.1) is 0 Å². The van der Waals surface area contributed by atoms with Crippen LogP contribution >= 0.6 is 12.2 Å². The van der Waals surface area contributed by atoms with Crippen molar-refractivity contribution >= 4 is 23.2 Å². The van der Waals surface area contributed by atoms with Crippen molar-refractivity contribution in [2.24, 2.45) is 5.92 Å². The van der Waals surface area contributed by atoms with Crippen LogP contribution in [-0.2, 0) is 4.79 Å². The summed E-state index contributed by atoms with van der Waals surface area (Å²) >= 11 is 5.34. The number of hydrogen-bond donors (Lipinski definition) is 1. The van der Waals surface area contributed by atoms with Crippen molar-refractivity contribution < 1.29 is 9.53 Å². The molecule has 4 nitrogen and oxygen atoms in total. The Labute approximate surface area is 124 Å². The molecule has 0 aromatic heterocycles. The molecule has 1 saturated heterocycles. The van der Waals surface area contributed by atoms with Gasteiger partial charge in [-0.1, -0.05) is 12.1 Å². The lowest BCUT2D eigenvalue weighted by molar-refractivity contribution is -0.128. The van der Waals surface area contributed by atoms with Gasteiger partial charge >= 0.3 is 0 Å². The van der Waals surface area contributed by atoms with E-state index in [1.807, 2.05) is 31.2 Å². The van der Waals surface area contributed by atoms with Crippen LogP contribution in [-0.4, -0.2) is 29.1 Å². The number of carbonyl (C=O) groups excluding carboxylic acids is 1. The number of rotatable bonds is 4. The van der Waals surface area contributed by atoms with Crippen molar-refractivity contribution in [2.75, 3.05) is 7.11 Å². The predicted molar refractivity (Wildman–Crippen MR) is 80.5 cm³/mol. The highest BCUT2D eigenvalue weighted by Crippen LogP contribution is 2.45. The van der Waals surface area contributed by atoms with Crippen LogP contribution in [0, 0.1) is 5.92 Å². The molecule has 20 heavy (non-hydrogen) atoms. The van der Waals surface area contributed by atoms with Crippen LogP contribution in [0.25, 0.3) is 0 Å². The van der Waals surface area contributed by atoms with Crippen molar-refractivity contribution in [2.45, 2.75) is 31.8 Å². The van der Waals surface area contributed by atoms with Crippen LogP contribution in [0.15, 0.2) is 24.3 Å². The van der Waals surface area contributed by atoms with Crippen LogP contribution in [0.2, 0.25) is 0 Å². The lowest BCUT2D eigenvalue weighted by Crippen LogP contribution is -2.36. The first-order valence-corrected chi connectivity index (χ1v) is 7.30. The number of nitrogens with zero attached hydrogens (tertiary/aromatic N) is 1. The highest BCUT2D eigenvalue weighted by Gasteiger charge is 2.44. The number of hydrogen-bond acceptors (Lipinski definition) is 3. The zero-order valence-electron chi connectivity index (χ0n) is 11.6. The van der Waals surface area contributed by atoms with Gasteiger partial charge in [0.1, 0.15) is 11.8 Å². The molecule has 1 aromatic rings. The van der Waals surface area contributed by atoms with E-state index in [0.29, 0.717) is 11.0 Å². The Morgan fingerprint density at radius 1 is 1.35 bits per heavy atom. The third-order valence-electron chi connectivity index (χ3n) is 3.97. The zero-order chi connectivity index (χ0) is 14.3. The second-order valence-corrected chi connectivity index (χ2v) is 5.82. The zero-order valence-corrected chi connectivity index (χ0v) is 12.4. The quantitative estimate of drug-likeness (QED) is 0.864. The Morgan fingerprint density at radius 2 is 2.00 bits per heavy atom. The second-order valence-electron chi connectivity index (χ2n) is 5.43. The Morgan fingerprint density at radius 3 is 2.45 bits per heavy atom. The number of nitrogens with one attached hydrogen (secondary N) is 1. The van der Waals surface area contributed by atoms with E-state index in [-0.39, 0.29) is 18.0 Å². The molecular formula is C15H18N2O2S. The fraction of sp³-hybridized carbons (Fsp3) is 0.467. The third kappa shape index (κ3) is 2.26. The highest BCUT2D eigenvalue weighted by atomic mass is 32.1. The van der Waals surface area contributed by atoms with E-state index in [1.165, 1.54) is 0 Å². The smallest absolute Gasteiger partial charge is 0.251 e. The van der Waals surface area contributed by atoms with Gasteiger partial charge in [0.15, 0.2) is 5.11 Å². The molecule has 0 bridgehead atoms. The molecule has 0 radical (unpaired) electrons. The second kappa shape index (κ2) is 5.05. The number of ether oxygens (including phenoxy) is 1. The summed E-state index contributed by atoms with van der Waals surface area (Å²) in [7, 11) is 1.65. The van der Waals surface area contributed by atoms with E-state index < -0.39 is 0 Å². The van der Waals surface area contributed by atoms with Crippen LogP contribution in [0.1, 0.15) is 31.4 Å². The molecule has 2 fully saturated rings. The van der Waals surface area contributed by atoms with Crippen LogP contribution < -0.4 is 10.1 Å². The first-order valence-electron chi connectivity index (χ1n) is 6.89. The highest BCUT2D eigenvalue weighted by molar-refractivity contribution is 7.80. The normalized spacial score (nSPS) is 23.7. The van der Waals surface area contributed by atoms with Crippen LogP contribution in [0.4, 0.5) is 0 Å². The molecule has 1 heterocycles. The number of methoxy groups -OCH3 is 1. The minimum absolute atomic E-state index is 0.0540. The van der Waals surface area contributed by atoms with Crippen LogP contribution in [0.5, 0.6) is 5.75 Å². The van der Waals surface area contributed by atoms with E-state index in [1.54, 1.807) is 12.0 Å². The maximum atomic E-state index is 12.3. The lowest BCUT2D eigenvalue weighted by Gasteiger charge is -2.27. The third-order valence-corrected chi connectivity index (χ3v) is 4.29. The summed E-state index contributed by atoms with van der Waals surface area (Å²) in [5.74, 6) is 1.41. The summed E-state index contributed by atoms with van der Waals surface area (Å²) < 4.78 is 5.19. The molecule has 1 aliphatic heterocycles. The van der Waals surface area contributed by atoms with E-state index in [9.17, 15) is 4.79 Å². The summed E-state index contributed by atoms with van der Waals surface area (Å²) in [6.45, 7) is 1.85. The van der Waals surface area contributed by atoms with Gasteiger partial charge in [0, 0.05) is 0 Å². The number of benzene rings is 1. The van der Waals surface area contributed by atoms with Gasteiger partial charge in [0.25, 0.3) is 5.91 Å². The van der Waals surface area contributed by atoms with Gasteiger partial charge in [0.05, 0.1) is 13.2 Å². The van der Waals surface area contributed by atoms with E-state index in [2.05, 4.69) is 5.32 Å². The molecular weight excluding hydrogens is 272 g/mol. The van der Waals surface area contributed by atoms with Gasteiger partial charge in [-0.3, -0.25) is 9.69 Å². The number of carbonyl (C=O) groups is 1. The molecule has 1 amide bonds. The van der Waals surface area contributed by atoms with Crippen molar-refractivity contribution in [1.82, 2.24) is 10.2 Å². The maximum absolute atomic E-state index is 12.3. The molecule has 2 unspecified atom stereocenters. The molecule has 1 aromatic carbocycles. The van der Waals surface area contributed by atoms with Crippen molar-refractivity contribution in [1.29, 1.82) is 0 Å². The van der Waals surface area contributed by atoms with Crippen LogP contribution in [0.3, 0.4) is 0 Å². The van der Waals surface area contributed by atoms with Crippen molar-refractivity contribution in [3.8, 4) is 5.75 Å². The lowest BCUT2D eigenvalue weighted by atomic mass is 10.0. The Balaban J connectivity index is 1.92. The van der Waals surface area contributed by atoms with E-state index in [0.717, 1.165) is 24.2 Å². The summed E-state index contributed by atoms with van der Waals surface area (Å²) in [5, 5.41) is 3.61. The van der Waals surface area contributed by atoms with Gasteiger partial charge in [0.2, 0.25) is 0 Å². The standard InChI is InChI=1S/C15H18N2O2S/c1-9-14(18)17(15(20)16-9)13(10-3-4-10)11-5-7-12(19-2)8-6-11/h5-10,13H,3-4H2,1-2H3,(H,16,20). The minimum atomic E-state index is -0.220. The van der Waals surface area contributed by atoms with E-state index in [4.69, 9.17) is 17.0 Å². The molecule has 1 aliphatic carbocycles. The molecule has 5 heteroatoms. The summed E-state index contributed by atoms with van der Waals surface area (Å²) in [5.41, 5.74) is 1.12. The summed E-state index contributed by atoms with van der Waals surface area (Å²) in [4.78, 5) is 14.1. The SMILES string of the molecule is COc1ccc(C(C2CC2)N2C(=O)C(C)NC2=S)cc1. The Hall–Kier alpha value is -1.62. The van der Waals surface area contributed by atoms with Crippen molar-refractivity contribution in [3.05, 3.63) is 29.8 Å². The minimum Gasteiger partial charge on any atom is -0.497 e. The summed E-state index contributed by atoms with van der Waals surface area (Å²) in [6, 6.07) is 7.76. The average Bonchev–Trinajstić information content (AvgIpc) is 3.24. The summed E-state index contributed by atoms with van der Waals surface area (Å²) in [6.07, 6.45) is 2.30. The Bertz CT molecular complexity index is 539. The first kappa shape index (κ1) is 13.4. The van der Waals surface area contributed by atoms with E-state index >= 15 is 0 Å². The van der Waals surface area contributed by atoms with Gasteiger partial charge in [-0.2, -0.15) is 0 Å². The fourth-order valence-corrected chi connectivity index (χ4v) is 3.11. The van der Waals surface area contributed by atoms with Gasteiger partial charge < -0.3 is 10.1 Å². The number of amides is 1. The molecule has 2 aliphatic rings. The average molecular weight is 290 g/mol. The Kier molecular flexibility index (Phi) is 3.38.